The van der Waals surface area contributed by atoms with Crippen molar-refractivity contribution in [1.82, 2.24) is 15.3 Å². The molecule has 0 aliphatic heterocycles. The fraction of sp³-hybridized carbons (Fsp3) is 0.107. The smallest absolute Gasteiger partial charge is 0.256 e. The molecule has 0 fully saturated rings. The lowest BCUT2D eigenvalue weighted by Gasteiger charge is -2.11. The van der Waals surface area contributed by atoms with Gasteiger partial charge in [0, 0.05) is 18.4 Å². The maximum atomic E-state index is 12.8. The molecule has 2 aromatic heterocycles. The van der Waals surface area contributed by atoms with Crippen molar-refractivity contribution < 1.29 is 14.3 Å². The number of thiazole rings is 1. The zero-order chi connectivity index (χ0) is 24.7. The number of rotatable bonds is 9. The number of methoxy groups -OCH3 is 1. The van der Waals surface area contributed by atoms with Crippen molar-refractivity contribution in [2.24, 2.45) is 0 Å². The summed E-state index contributed by atoms with van der Waals surface area (Å²) in [6.07, 6.45) is 2.31. The summed E-state index contributed by atoms with van der Waals surface area (Å²) >= 11 is 1.60. The molecule has 5 rings (SSSR count). The fourth-order valence-electron chi connectivity index (χ4n) is 3.62. The molecular weight excluding hydrogens is 472 g/mol. The van der Waals surface area contributed by atoms with E-state index in [0.29, 0.717) is 24.3 Å². The highest BCUT2D eigenvalue weighted by molar-refractivity contribution is 7.22. The maximum Gasteiger partial charge on any atom is 0.256 e. The van der Waals surface area contributed by atoms with Crippen LogP contribution < -0.4 is 20.1 Å². The summed E-state index contributed by atoms with van der Waals surface area (Å²) in [6, 6.07) is 26.7. The SMILES string of the molecule is COc1ccc(CCNC(=O)c2cccnc2Oc2ccc(Nc3nc4ccccc4s3)cc2)cc1. The van der Waals surface area contributed by atoms with Gasteiger partial charge in [0.05, 0.1) is 17.3 Å². The summed E-state index contributed by atoms with van der Waals surface area (Å²) in [7, 11) is 1.64. The lowest BCUT2D eigenvalue weighted by Crippen LogP contribution is -2.26. The normalized spacial score (nSPS) is 10.7. The summed E-state index contributed by atoms with van der Waals surface area (Å²) in [5, 5.41) is 7.09. The van der Waals surface area contributed by atoms with Crippen LogP contribution in [0.5, 0.6) is 17.4 Å². The van der Waals surface area contributed by atoms with Crippen molar-refractivity contribution in [3.05, 3.63) is 102 Å². The zero-order valence-electron chi connectivity index (χ0n) is 19.6. The van der Waals surface area contributed by atoms with Crippen LogP contribution in [0.2, 0.25) is 0 Å². The number of nitrogens with zero attached hydrogens (tertiary/aromatic N) is 2. The Morgan fingerprint density at radius 2 is 1.69 bits per heavy atom. The monoisotopic (exact) mass is 496 g/mol. The number of ether oxygens (including phenoxy) is 2. The third kappa shape index (κ3) is 5.61. The number of anilines is 2. The van der Waals surface area contributed by atoms with Gasteiger partial charge in [-0.25, -0.2) is 9.97 Å². The Bertz CT molecular complexity index is 1430. The van der Waals surface area contributed by atoms with Gasteiger partial charge in [0.25, 0.3) is 5.91 Å². The number of hydrogen-bond donors (Lipinski definition) is 2. The number of hydrogen-bond acceptors (Lipinski definition) is 7. The van der Waals surface area contributed by atoms with Gasteiger partial charge in [-0.05, 0) is 72.6 Å². The molecule has 0 radical (unpaired) electrons. The first-order valence-corrected chi connectivity index (χ1v) is 12.3. The summed E-state index contributed by atoms with van der Waals surface area (Å²) < 4.78 is 12.3. The largest absolute Gasteiger partial charge is 0.497 e. The van der Waals surface area contributed by atoms with Crippen molar-refractivity contribution in [1.29, 1.82) is 0 Å². The molecule has 36 heavy (non-hydrogen) atoms. The van der Waals surface area contributed by atoms with E-state index in [1.807, 2.05) is 66.7 Å². The third-order valence-corrected chi connectivity index (χ3v) is 6.44. The van der Waals surface area contributed by atoms with Gasteiger partial charge in [0.15, 0.2) is 5.13 Å². The molecule has 7 nitrogen and oxygen atoms in total. The molecule has 0 saturated heterocycles. The molecule has 0 aliphatic rings. The Morgan fingerprint density at radius 1 is 0.917 bits per heavy atom. The number of carbonyl (C=O) groups is 1. The number of para-hydroxylation sites is 1. The molecule has 0 atom stereocenters. The average molecular weight is 497 g/mol. The summed E-state index contributed by atoms with van der Waals surface area (Å²) in [4.78, 5) is 21.7. The molecule has 0 unspecified atom stereocenters. The van der Waals surface area contributed by atoms with Crippen LogP contribution in [0.4, 0.5) is 10.8 Å². The van der Waals surface area contributed by atoms with E-state index in [-0.39, 0.29) is 11.8 Å². The Hall–Kier alpha value is -4.43. The third-order valence-electron chi connectivity index (χ3n) is 5.49. The van der Waals surface area contributed by atoms with Gasteiger partial charge < -0.3 is 20.1 Å². The fourth-order valence-corrected chi connectivity index (χ4v) is 4.51. The van der Waals surface area contributed by atoms with Crippen molar-refractivity contribution >= 4 is 38.3 Å². The molecule has 2 N–H and O–H groups in total. The molecule has 0 saturated carbocycles. The van der Waals surface area contributed by atoms with E-state index < -0.39 is 0 Å². The van der Waals surface area contributed by atoms with Crippen molar-refractivity contribution in [3.8, 4) is 17.4 Å². The van der Waals surface area contributed by atoms with E-state index in [0.717, 1.165) is 32.3 Å². The highest BCUT2D eigenvalue weighted by Crippen LogP contribution is 2.29. The van der Waals surface area contributed by atoms with E-state index in [1.54, 1.807) is 36.8 Å². The maximum absolute atomic E-state index is 12.8. The minimum absolute atomic E-state index is 0.235. The van der Waals surface area contributed by atoms with Crippen LogP contribution in [0.1, 0.15) is 15.9 Å². The Morgan fingerprint density at radius 3 is 2.47 bits per heavy atom. The number of benzene rings is 3. The van der Waals surface area contributed by atoms with E-state index >= 15 is 0 Å². The molecule has 1 amide bonds. The van der Waals surface area contributed by atoms with E-state index in [9.17, 15) is 4.79 Å². The minimum atomic E-state index is -0.235. The lowest BCUT2D eigenvalue weighted by atomic mass is 10.1. The molecule has 0 aliphatic carbocycles. The van der Waals surface area contributed by atoms with Gasteiger partial charge in [-0.1, -0.05) is 35.6 Å². The number of amides is 1. The van der Waals surface area contributed by atoms with Gasteiger partial charge in [-0.3, -0.25) is 4.79 Å². The molecule has 2 heterocycles. The average Bonchev–Trinajstić information content (AvgIpc) is 3.33. The van der Waals surface area contributed by atoms with Crippen molar-refractivity contribution in [3.63, 3.8) is 0 Å². The second kappa shape index (κ2) is 10.9. The summed E-state index contributed by atoms with van der Waals surface area (Å²) in [5.74, 6) is 1.41. The quantitative estimate of drug-likeness (QED) is 0.252. The number of carbonyl (C=O) groups excluding carboxylic acids is 1. The van der Waals surface area contributed by atoms with Crippen LogP contribution >= 0.6 is 11.3 Å². The number of aromatic nitrogens is 2. The highest BCUT2D eigenvalue weighted by atomic mass is 32.1. The zero-order valence-corrected chi connectivity index (χ0v) is 20.4. The van der Waals surface area contributed by atoms with Crippen molar-refractivity contribution in [2.75, 3.05) is 19.0 Å². The first-order valence-electron chi connectivity index (χ1n) is 11.4. The molecule has 0 spiro atoms. The van der Waals surface area contributed by atoms with E-state index in [4.69, 9.17) is 9.47 Å². The molecule has 3 aromatic carbocycles. The lowest BCUT2D eigenvalue weighted by molar-refractivity contribution is 0.0951. The first-order chi connectivity index (χ1) is 17.7. The summed E-state index contributed by atoms with van der Waals surface area (Å²) in [6.45, 7) is 0.492. The van der Waals surface area contributed by atoms with Crippen LogP contribution in [0.3, 0.4) is 0 Å². The number of nitrogens with one attached hydrogen (secondary N) is 2. The van der Waals surface area contributed by atoms with E-state index in [1.165, 1.54) is 0 Å². The second-order valence-electron chi connectivity index (χ2n) is 7.95. The molecular formula is C28H24N4O3S. The first kappa shape index (κ1) is 23.3. The van der Waals surface area contributed by atoms with E-state index in [2.05, 4.69) is 26.7 Å². The topological polar surface area (TPSA) is 85.4 Å². The standard InChI is InChI=1S/C28H24N4O3S/c1-34-21-12-8-19(9-13-21)16-18-29-26(33)23-5-4-17-30-27(23)35-22-14-10-20(11-15-22)31-28-32-24-6-2-3-7-25(24)36-28/h2-15,17H,16,18H2,1H3,(H,29,33)(H,31,32). The van der Waals surface area contributed by atoms with Crippen LogP contribution in [0.25, 0.3) is 10.2 Å². The molecule has 8 heteroatoms. The number of pyridine rings is 1. The van der Waals surface area contributed by atoms with Gasteiger partial charge in [0.1, 0.15) is 17.1 Å². The predicted molar refractivity (Wildman–Crippen MR) is 143 cm³/mol. The summed E-state index contributed by atoms with van der Waals surface area (Å²) in [5.41, 5.74) is 3.34. The van der Waals surface area contributed by atoms with Crippen molar-refractivity contribution in [2.45, 2.75) is 6.42 Å². The predicted octanol–water partition coefficient (Wildman–Crippen LogP) is 6.21. The molecule has 180 valence electrons. The van der Waals surface area contributed by atoms with Gasteiger partial charge >= 0.3 is 0 Å². The Balaban J connectivity index is 1.20. The van der Waals surface area contributed by atoms with Gasteiger partial charge in [0.2, 0.25) is 5.88 Å². The minimum Gasteiger partial charge on any atom is -0.497 e. The Kier molecular flexibility index (Phi) is 7.05. The van der Waals surface area contributed by atoms with Crippen LogP contribution in [0.15, 0.2) is 91.1 Å². The van der Waals surface area contributed by atoms with Gasteiger partial charge in [-0.15, -0.1) is 0 Å². The molecule has 0 bridgehead atoms. The highest BCUT2D eigenvalue weighted by Gasteiger charge is 2.14. The van der Waals surface area contributed by atoms with Gasteiger partial charge in [-0.2, -0.15) is 0 Å². The Labute approximate surface area is 212 Å². The van der Waals surface area contributed by atoms with Crippen LogP contribution in [-0.4, -0.2) is 29.5 Å². The van der Waals surface area contributed by atoms with Crippen LogP contribution in [0, 0.1) is 0 Å². The second-order valence-corrected chi connectivity index (χ2v) is 8.98. The number of fused-ring (bicyclic) bond motifs is 1. The molecule has 5 aromatic rings. The van der Waals surface area contributed by atoms with Crippen LogP contribution in [-0.2, 0) is 6.42 Å².